The van der Waals surface area contributed by atoms with Gasteiger partial charge in [0.25, 0.3) is 0 Å². The quantitative estimate of drug-likeness (QED) is 0.755. The Hall–Kier alpha value is -0.795. The number of rotatable bonds is 3. The molecule has 23 heavy (non-hydrogen) atoms. The summed E-state index contributed by atoms with van der Waals surface area (Å²) in [5, 5.41) is 0. The van der Waals surface area contributed by atoms with Gasteiger partial charge >= 0.3 is 7.12 Å². The Morgan fingerprint density at radius 3 is 1.91 bits per heavy atom. The second-order valence-electron chi connectivity index (χ2n) is 8.38. The summed E-state index contributed by atoms with van der Waals surface area (Å²) in [7, 11) is -0.245. The van der Waals surface area contributed by atoms with Crippen molar-refractivity contribution in [2.45, 2.75) is 83.8 Å². The van der Waals surface area contributed by atoms with Crippen LogP contribution in [-0.4, -0.2) is 18.3 Å². The molecule has 126 valence electrons. The largest absolute Gasteiger partial charge is 0.494 e. The summed E-state index contributed by atoms with van der Waals surface area (Å²) in [6.07, 6.45) is 6.80. The van der Waals surface area contributed by atoms with Gasteiger partial charge in [-0.15, -0.1) is 0 Å². The molecule has 0 N–H and O–H groups in total. The van der Waals surface area contributed by atoms with Crippen LogP contribution in [-0.2, 0) is 9.31 Å². The van der Waals surface area contributed by atoms with Crippen molar-refractivity contribution < 1.29 is 9.31 Å². The molecule has 3 rings (SSSR count). The molecule has 3 heteroatoms. The van der Waals surface area contributed by atoms with Crippen LogP contribution >= 0.6 is 0 Å². The lowest BCUT2D eigenvalue weighted by molar-refractivity contribution is 0.00578. The van der Waals surface area contributed by atoms with Gasteiger partial charge < -0.3 is 9.31 Å². The first-order valence-electron chi connectivity index (χ1n) is 9.28. The third kappa shape index (κ3) is 3.37. The molecule has 0 unspecified atom stereocenters. The van der Waals surface area contributed by atoms with Crippen molar-refractivity contribution in [3.05, 3.63) is 29.8 Å². The van der Waals surface area contributed by atoms with Crippen molar-refractivity contribution in [3.8, 4) is 0 Å². The fourth-order valence-electron chi connectivity index (χ4n) is 3.81. The maximum absolute atomic E-state index is 6.14. The minimum Gasteiger partial charge on any atom is -0.399 e. The van der Waals surface area contributed by atoms with Gasteiger partial charge in [0.2, 0.25) is 0 Å². The Morgan fingerprint density at radius 1 is 0.913 bits per heavy atom. The van der Waals surface area contributed by atoms with Crippen LogP contribution < -0.4 is 5.46 Å². The highest BCUT2D eigenvalue weighted by Gasteiger charge is 2.51. The molecule has 0 amide bonds. The zero-order valence-corrected chi connectivity index (χ0v) is 15.4. The fraction of sp³-hybridized carbons (Fsp3) is 0.700. The molecule has 0 aromatic heterocycles. The van der Waals surface area contributed by atoms with Gasteiger partial charge in [-0.25, -0.2) is 0 Å². The summed E-state index contributed by atoms with van der Waals surface area (Å²) in [6, 6.07) is 8.97. The average molecular weight is 314 g/mol. The van der Waals surface area contributed by atoms with Crippen LogP contribution in [0.4, 0.5) is 0 Å². The first kappa shape index (κ1) is 17.0. The first-order valence-corrected chi connectivity index (χ1v) is 9.28. The van der Waals surface area contributed by atoms with E-state index in [0.717, 1.165) is 17.3 Å². The monoisotopic (exact) mass is 314 g/mol. The Labute approximate surface area is 142 Å². The normalized spacial score (nSPS) is 29.7. The van der Waals surface area contributed by atoms with Crippen LogP contribution in [0.25, 0.3) is 0 Å². The standard InChI is InChI=1S/C20H31BO2/c1-6-15-7-9-16(10-8-15)17-11-13-18(14-12-17)21-22-19(2,3)20(4,5)23-21/h11-16H,6-10H2,1-5H3/t15-,16-. The molecule has 2 fully saturated rings. The predicted molar refractivity (Wildman–Crippen MR) is 97.1 cm³/mol. The number of benzene rings is 1. The highest BCUT2D eigenvalue weighted by atomic mass is 16.7. The van der Waals surface area contributed by atoms with Crippen LogP contribution in [0.3, 0.4) is 0 Å². The highest BCUT2D eigenvalue weighted by Crippen LogP contribution is 2.38. The summed E-state index contributed by atoms with van der Waals surface area (Å²) in [6.45, 7) is 10.7. The third-order valence-electron chi connectivity index (χ3n) is 6.36. The van der Waals surface area contributed by atoms with Gasteiger partial charge in [-0.1, -0.05) is 37.6 Å². The molecular weight excluding hydrogens is 283 g/mol. The van der Waals surface area contributed by atoms with E-state index >= 15 is 0 Å². The lowest BCUT2D eigenvalue weighted by atomic mass is 9.75. The van der Waals surface area contributed by atoms with Crippen molar-refractivity contribution in [1.82, 2.24) is 0 Å². The van der Waals surface area contributed by atoms with Crippen LogP contribution in [0.1, 0.15) is 78.2 Å². The van der Waals surface area contributed by atoms with E-state index in [-0.39, 0.29) is 18.3 Å². The summed E-state index contributed by atoms with van der Waals surface area (Å²) in [4.78, 5) is 0. The van der Waals surface area contributed by atoms with Crippen LogP contribution in [0.5, 0.6) is 0 Å². The number of hydrogen-bond acceptors (Lipinski definition) is 2. The van der Waals surface area contributed by atoms with Gasteiger partial charge in [-0.2, -0.15) is 0 Å². The highest BCUT2D eigenvalue weighted by molar-refractivity contribution is 6.62. The molecule has 1 aromatic rings. The SMILES string of the molecule is CC[C@H]1CC[C@H](c2ccc(B3OC(C)(C)C(C)(C)O3)cc2)CC1. The van der Waals surface area contributed by atoms with E-state index in [1.807, 2.05) is 0 Å². The molecular formula is C20H31BO2. The molecule has 2 nitrogen and oxygen atoms in total. The van der Waals surface area contributed by atoms with Gasteiger partial charge in [0.15, 0.2) is 0 Å². The Kier molecular flexibility index (Phi) is 4.63. The lowest BCUT2D eigenvalue weighted by Gasteiger charge is -2.32. The summed E-state index contributed by atoms with van der Waals surface area (Å²) < 4.78 is 12.3. The van der Waals surface area contributed by atoms with Gasteiger partial charge in [0, 0.05) is 0 Å². The Balaban J connectivity index is 1.67. The topological polar surface area (TPSA) is 18.5 Å². The van der Waals surface area contributed by atoms with E-state index in [0.29, 0.717) is 0 Å². The summed E-state index contributed by atoms with van der Waals surface area (Å²) in [5.74, 6) is 1.69. The molecule has 2 aliphatic rings. The summed E-state index contributed by atoms with van der Waals surface area (Å²) >= 11 is 0. The van der Waals surface area contributed by atoms with E-state index in [1.165, 1.54) is 37.7 Å². The molecule has 1 aliphatic heterocycles. The van der Waals surface area contributed by atoms with Gasteiger partial charge in [-0.05, 0) is 76.2 Å². The van der Waals surface area contributed by atoms with Gasteiger partial charge in [0.1, 0.15) is 0 Å². The molecule has 0 radical (unpaired) electrons. The molecule has 1 aromatic carbocycles. The molecule has 1 saturated carbocycles. The van der Waals surface area contributed by atoms with Crippen LogP contribution in [0.15, 0.2) is 24.3 Å². The van der Waals surface area contributed by atoms with Crippen molar-refractivity contribution in [2.24, 2.45) is 5.92 Å². The van der Waals surface area contributed by atoms with Crippen molar-refractivity contribution in [3.63, 3.8) is 0 Å². The minimum atomic E-state index is -0.269. The summed E-state index contributed by atoms with van der Waals surface area (Å²) in [5.41, 5.74) is 2.08. The zero-order chi connectivity index (χ0) is 16.7. The van der Waals surface area contributed by atoms with Crippen LogP contribution in [0, 0.1) is 5.92 Å². The molecule has 0 bridgehead atoms. The molecule has 1 aliphatic carbocycles. The van der Waals surface area contributed by atoms with Crippen molar-refractivity contribution in [1.29, 1.82) is 0 Å². The maximum Gasteiger partial charge on any atom is 0.494 e. The average Bonchev–Trinajstić information content (AvgIpc) is 2.76. The lowest BCUT2D eigenvalue weighted by Crippen LogP contribution is -2.41. The van der Waals surface area contributed by atoms with E-state index < -0.39 is 0 Å². The predicted octanol–water partition coefficient (Wildman–Crippen LogP) is 4.67. The van der Waals surface area contributed by atoms with Crippen molar-refractivity contribution in [2.75, 3.05) is 0 Å². The molecule has 1 heterocycles. The zero-order valence-electron chi connectivity index (χ0n) is 15.4. The van der Waals surface area contributed by atoms with E-state index in [9.17, 15) is 0 Å². The van der Waals surface area contributed by atoms with Gasteiger partial charge in [0.05, 0.1) is 11.2 Å². The second-order valence-corrected chi connectivity index (χ2v) is 8.38. The smallest absolute Gasteiger partial charge is 0.399 e. The Morgan fingerprint density at radius 2 is 1.43 bits per heavy atom. The fourth-order valence-corrected chi connectivity index (χ4v) is 3.81. The number of hydrogen-bond donors (Lipinski definition) is 0. The first-order chi connectivity index (χ1) is 10.8. The maximum atomic E-state index is 6.14. The van der Waals surface area contributed by atoms with E-state index in [4.69, 9.17) is 9.31 Å². The second kappa shape index (κ2) is 6.25. The molecule has 1 saturated heterocycles. The van der Waals surface area contributed by atoms with Crippen molar-refractivity contribution >= 4 is 12.6 Å². The van der Waals surface area contributed by atoms with Gasteiger partial charge in [-0.3, -0.25) is 0 Å². The third-order valence-corrected chi connectivity index (χ3v) is 6.36. The van der Waals surface area contributed by atoms with E-state index in [1.54, 1.807) is 0 Å². The molecule has 0 spiro atoms. The minimum absolute atomic E-state index is 0.245. The van der Waals surface area contributed by atoms with E-state index in [2.05, 4.69) is 58.9 Å². The van der Waals surface area contributed by atoms with Crippen LogP contribution in [0.2, 0.25) is 0 Å². The molecule has 0 atom stereocenters. The Bertz CT molecular complexity index is 511.